The molecule has 0 saturated carbocycles. The van der Waals surface area contributed by atoms with Gasteiger partial charge >= 0.3 is 0 Å². The highest BCUT2D eigenvalue weighted by Gasteiger charge is 2.09. The topological polar surface area (TPSA) is 46.2 Å². The molecule has 5 heteroatoms. The number of ketones is 1. The number of rotatable bonds is 4. The molecule has 0 fully saturated rings. The van der Waals surface area contributed by atoms with E-state index in [9.17, 15) is 9.59 Å². The van der Waals surface area contributed by atoms with Crippen LogP contribution < -0.4 is 5.32 Å². The predicted molar refractivity (Wildman–Crippen MR) is 63.1 cm³/mol. The van der Waals surface area contributed by atoms with Crippen LogP contribution in [0.15, 0.2) is 28.7 Å². The Morgan fingerprint density at radius 3 is 2.60 bits per heavy atom. The van der Waals surface area contributed by atoms with Crippen LogP contribution >= 0.6 is 27.5 Å². The Labute approximate surface area is 101 Å². The summed E-state index contributed by atoms with van der Waals surface area (Å²) in [5.74, 6) is -0.780. The molecule has 1 aromatic carbocycles. The van der Waals surface area contributed by atoms with E-state index < -0.39 is 0 Å². The minimum Gasteiger partial charge on any atom is -0.325 e. The van der Waals surface area contributed by atoms with Crippen LogP contribution in [0.25, 0.3) is 0 Å². The largest absolute Gasteiger partial charge is 0.325 e. The number of carbonyl (C=O) groups is 2. The van der Waals surface area contributed by atoms with E-state index in [1.165, 1.54) is 0 Å². The molecule has 80 valence electrons. The normalized spacial score (nSPS) is 9.73. The number of benzene rings is 1. The van der Waals surface area contributed by atoms with Crippen molar-refractivity contribution in [2.45, 2.75) is 6.42 Å². The van der Waals surface area contributed by atoms with E-state index in [0.29, 0.717) is 5.69 Å². The van der Waals surface area contributed by atoms with Crippen molar-refractivity contribution in [1.29, 1.82) is 0 Å². The Hall–Kier alpha value is -0.870. The molecule has 0 unspecified atom stereocenters. The minimum absolute atomic E-state index is 0.136. The molecule has 0 bridgehead atoms. The lowest BCUT2D eigenvalue weighted by Crippen LogP contribution is -2.17. The van der Waals surface area contributed by atoms with Gasteiger partial charge in [0.1, 0.15) is 0 Å². The zero-order chi connectivity index (χ0) is 11.3. The first kappa shape index (κ1) is 12.2. The Morgan fingerprint density at radius 2 is 2.00 bits per heavy atom. The maximum Gasteiger partial charge on any atom is 0.231 e. The molecule has 0 aliphatic heterocycles. The summed E-state index contributed by atoms with van der Waals surface area (Å²) in [4.78, 5) is 22.2. The number of Topliss-reactive ketones (excluding diaryl/α,β-unsaturated/α-hetero) is 1. The summed E-state index contributed by atoms with van der Waals surface area (Å²) >= 11 is 8.57. The first-order chi connectivity index (χ1) is 7.13. The Kier molecular flexibility index (Phi) is 4.78. The van der Waals surface area contributed by atoms with Gasteiger partial charge in [-0.1, -0.05) is 12.1 Å². The highest BCUT2D eigenvalue weighted by Crippen LogP contribution is 2.21. The molecule has 0 atom stereocenters. The highest BCUT2D eigenvalue weighted by molar-refractivity contribution is 9.10. The molecule has 0 aliphatic carbocycles. The summed E-state index contributed by atoms with van der Waals surface area (Å²) in [6.07, 6.45) is -0.190. The smallest absolute Gasteiger partial charge is 0.231 e. The first-order valence-corrected chi connectivity index (χ1v) is 5.58. The van der Waals surface area contributed by atoms with Gasteiger partial charge in [0.2, 0.25) is 5.91 Å². The molecular formula is C10H9BrClNO2. The number of amides is 1. The van der Waals surface area contributed by atoms with Crippen LogP contribution in [0, 0.1) is 0 Å². The maximum atomic E-state index is 11.3. The van der Waals surface area contributed by atoms with E-state index in [1.54, 1.807) is 18.2 Å². The van der Waals surface area contributed by atoms with Crippen LogP contribution in [0.5, 0.6) is 0 Å². The van der Waals surface area contributed by atoms with Gasteiger partial charge in [-0.2, -0.15) is 0 Å². The minimum atomic E-state index is -0.354. The maximum absolute atomic E-state index is 11.3. The quantitative estimate of drug-likeness (QED) is 0.684. The predicted octanol–water partition coefficient (Wildman–Crippen LogP) is 2.59. The number of hydrogen-bond donors (Lipinski definition) is 1. The molecule has 0 saturated heterocycles. The van der Waals surface area contributed by atoms with Gasteiger partial charge in [-0.15, -0.1) is 11.6 Å². The van der Waals surface area contributed by atoms with Gasteiger partial charge in [0, 0.05) is 4.47 Å². The Morgan fingerprint density at radius 1 is 1.33 bits per heavy atom. The van der Waals surface area contributed by atoms with Crippen LogP contribution in [0.4, 0.5) is 5.69 Å². The lowest BCUT2D eigenvalue weighted by Gasteiger charge is -2.05. The van der Waals surface area contributed by atoms with Gasteiger partial charge in [0.25, 0.3) is 0 Å². The third-order valence-electron chi connectivity index (χ3n) is 1.65. The van der Waals surface area contributed by atoms with Crippen LogP contribution in [-0.2, 0) is 9.59 Å². The van der Waals surface area contributed by atoms with Gasteiger partial charge < -0.3 is 5.32 Å². The SMILES string of the molecule is O=C(CCl)CC(=O)Nc1ccccc1Br. The summed E-state index contributed by atoms with van der Waals surface area (Å²) < 4.78 is 0.775. The average Bonchev–Trinajstić information content (AvgIpc) is 2.21. The van der Waals surface area contributed by atoms with Crippen molar-refractivity contribution >= 4 is 44.9 Å². The summed E-state index contributed by atoms with van der Waals surface area (Å²) in [5.41, 5.74) is 0.643. The van der Waals surface area contributed by atoms with Crippen molar-refractivity contribution in [3.63, 3.8) is 0 Å². The molecule has 0 heterocycles. The van der Waals surface area contributed by atoms with Crippen molar-refractivity contribution < 1.29 is 9.59 Å². The highest BCUT2D eigenvalue weighted by atomic mass is 79.9. The lowest BCUT2D eigenvalue weighted by molar-refractivity contribution is -0.124. The zero-order valence-corrected chi connectivity index (χ0v) is 10.1. The molecule has 1 N–H and O–H groups in total. The van der Waals surface area contributed by atoms with Crippen molar-refractivity contribution in [2.75, 3.05) is 11.2 Å². The number of para-hydroxylation sites is 1. The van der Waals surface area contributed by atoms with E-state index >= 15 is 0 Å². The van der Waals surface area contributed by atoms with E-state index in [2.05, 4.69) is 21.2 Å². The Bertz CT molecular complexity index is 381. The van der Waals surface area contributed by atoms with Crippen LogP contribution in [-0.4, -0.2) is 17.6 Å². The lowest BCUT2D eigenvalue weighted by atomic mass is 10.2. The molecule has 0 aromatic heterocycles. The first-order valence-electron chi connectivity index (χ1n) is 4.25. The molecule has 15 heavy (non-hydrogen) atoms. The molecule has 0 spiro atoms. The van der Waals surface area contributed by atoms with Crippen LogP contribution in [0.3, 0.4) is 0 Å². The van der Waals surface area contributed by atoms with Gasteiger partial charge in [-0.3, -0.25) is 9.59 Å². The second-order valence-electron chi connectivity index (χ2n) is 2.88. The number of alkyl halides is 1. The van der Waals surface area contributed by atoms with Gasteiger partial charge in [-0.05, 0) is 28.1 Å². The Balaban J connectivity index is 2.59. The van der Waals surface area contributed by atoms with Crippen molar-refractivity contribution in [1.82, 2.24) is 0 Å². The number of anilines is 1. The fraction of sp³-hybridized carbons (Fsp3) is 0.200. The van der Waals surface area contributed by atoms with Crippen LogP contribution in [0.1, 0.15) is 6.42 Å². The number of nitrogens with one attached hydrogen (secondary N) is 1. The van der Waals surface area contributed by atoms with Crippen molar-refractivity contribution in [3.05, 3.63) is 28.7 Å². The van der Waals surface area contributed by atoms with Crippen molar-refractivity contribution in [3.8, 4) is 0 Å². The molecule has 1 amide bonds. The van der Waals surface area contributed by atoms with E-state index in [-0.39, 0.29) is 24.0 Å². The van der Waals surface area contributed by atoms with Crippen molar-refractivity contribution in [2.24, 2.45) is 0 Å². The average molecular weight is 291 g/mol. The number of hydrogen-bond acceptors (Lipinski definition) is 2. The van der Waals surface area contributed by atoms with Crippen LogP contribution in [0.2, 0.25) is 0 Å². The van der Waals surface area contributed by atoms with Gasteiger partial charge in [0.05, 0.1) is 18.0 Å². The van der Waals surface area contributed by atoms with E-state index in [0.717, 1.165) is 4.47 Å². The second-order valence-corrected chi connectivity index (χ2v) is 4.00. The zero-order valence-electron chi connectivity index (χ0n) is 7.80. The third kappa shape index (κ3) is 4.01. The summed E-state index contributed by atoms with van der Waals surface area (Å²) in [6.45, 7) is 0. The molecule has 3 nitrogen and oxygen atoms in total. The van der Waals surface area contributed by atoms with E-state index in [4.69, 9.17) is 11.6 Å². The fourth-order valence-corrected chi connectivity index (χ4v) is 1.46. The summed E-state index contributed by atoms with van der Waals surface area (Å²) in [6, 6.07) is 7.18. The fourth-order valence-electron chi connectivity index (χ4n) is 0.983. The molecule has 0 aliphatic rings. The summed E-state index contributed by atoms with van der Waals surface area (Å²) in [7, 11) is 0. The molecular weight excluding hydrogens is 281 g/mol. The number of halogens is 2. The van der Waals surface area contributed by atoms with Gasteiger partial charge in [-0.25, -0.2) is 0 Å². The standard InChI is InChI=1S/C10H9BrClNO2/c11-8-3-1-2-4-9(8)13-10(15)5-7(14)6-12/h1-4H,5-6H2,(H,13,15). The molecule has 0 radical (unpaired) electrons. The van der Waals surface area contributed by atoms with Gasteiger partial charge in [0.15, 0.2) is 5.78 Å². The summed E-state index contributed by atoms with van der Waals surface area (Å²) in [5, 5.41) is 2.61. The molecule has 1 aromatic rings. The second kappa shape index (κ2) is 5.88. The monoisotopic (exact) mass is 289 g/mol. The third-order valence-corrected chi connectivity index (χ3v) is 2.64. The van der Waals surface area contributed by atoms with E-state index in [1.807, 2.05) is 6.07 Å². The number of carbonyl (C=O) groups excluding carboxylic acids is 2. The molecule has 1 rings (SSSR count).